The molecule has 2 heteroatoms. The first kappa shape index (κ1) is 16.2. The van der Waals surface area contributed by atoms with Crippen LogP contribution in [0, 0.1) is 0 Å². The minimum atomic E-state index is -0.436. The van der Waals surface area contributed by atoms with Crippen LogP contribution in [0.4, 0.5) is 0 Å². The highest BCUT2D eigenvalue weighted by atomic mass is 16.3. The van der Waals surface area contributed by atoms with Gasteiger partial charge in [0, 0.05) is 5.54 Å². The van der Waals surface area contributed by atoms with Gasteiger partial charge in [-0.25, -0.2) is 0 Å². The SMILES string of the molecule is CCCc1cccc(C(O)C(CC)(CC)N(C)C)c1. The van der Waals surface area contributed by atoms with E-state index in [4.69, 9.17) is 0 Å². The number of aliphatic hydroxyl groups is 1. The lowest BCUT2D eigenvalue weighted by Gasteiger charge is -2.42. The predicted octanol–water partition coefficient (Wildman–Crippen LogP) is 3.79. The average molecular weight is 263 g/mol. The Morgan fingerprint density at radius 2 is 1.79 bits per heavy atom. The van der Waals surface area contributed by atoms with Gasteiger partial charge >= 0.3 is 0 Å². The summed E-state index contributed by atoms with van der Waals surface area (Å²) in [5, 5.41) is 10.9. The van der Waals surface area contributed by atoms with Crippen molar-refractivity contribution in [2.24, 2.45) is 0 Å². The lowest BCUT2D eigenvalue weighted by molar-refractivity contribution is -0.0150. The Bertz CT molecular complexity index is 383. The molecule has 0 aromatic heterocycles. The summed E-state index contributed by atoms with van der Waals surface area (Å²) in [6.07, 6.45) is 3.66. The van der Waals surface area contributed by atoms with E-state index in [9.17, 15) is 5.11 Å². The summed E-state index contributed by atoms with van der Waals surface area (Å²) in [6, 6.07) is 8.43. The zero-order chi connectivity index (χ0) is 14.5. The third kappa shape index (κ3) is 3.37. The quantitative estimate of drug-likeness (QED) is 0.809. The van der Waals surface area contributed by atoms with Crippen LogP contribution in [-0.4, -0.2) is 29.6 Å². The molecule has 0 saturated heterocycles. The van der Waals surface area contributed by atoms with E-state index < -0.39 is 6.10 Å². The topological polar surface area (TPSA) is 23.5 Å². The lowest BCUT2D eigenvalue weighted by atomic mass is 9.81. The Labute approximate surface area is 118 Å². The molecule has 0 bridgehead atoms. The van der Waals surface area contributed by atoms with Crippen molar-refractivity contribution in [3.63, 3.8) is 0 Å². The number of rotatable bonds is 7. The Morgan fingerprint density at radius 3 is 2.26 bits per heavy atom. The number of nitrogens with zero attached hydrogens (tertiary/aromatic N) is 1. The smallest absolute Gasteiger partial charge is 0.0973 e. The average Bonchev–Trinajstić information content (AvgIpc) is 2.41. The minimum Gasteiger partial charge on any atom is -0.386 e. The van der Waals surface area contributed by atoms with Crippen molar-refractivity contribution in [1.82, 2.24) is 4.90 Å². The van der Waals surface area contributed by atoms with Crippen molar-refractivity contribution in [3.05, 3.63) is 35.4 Å². The first-order valence-electron chi connectivity index (χ1n) is 7.46. The number of likely N-dealkylation sites (N-methyl/N-ethyl adjacent to an activating group) is 1. The molecule has 0 radical (unpaired) electrons. The van der Waals surface area contributed by atoms with Crippen LogP contribution in [0.3, 0.4) is 0 Å². The molecule has 19 heavy (non-hydrogen) atoms. The summed E-state index contributed by atoms with van der Waals surface area (Å²) in [7, 11) is 4.12. The molecule has 1 unspecified atom stereocenters. The lowest BCUT2D eigenvalue weighted by Crippen LogP contribution is -2.48. The molecule has 1 aromatic carbocycles. The highest BCUT2D eigenvalue weighted by molar-refractivity contribution is 5.27. The first-order valence-corrected chi connectivity index (χ1v) is 7.46. The third-order valence-electron chi connectivity index (χ3n) is 4.43. The number of hydrogen-bond donors (Lipinski definition) is 1. The summed E-state index contributed by atoms with van der Waals surface area (Å²) in [6.45, 7) is 6.50. The summed E-state index contributed by atoms with van der Waals surface area (Å²) >= 11 is 0. The van der Waals surface area contributed by atoms with E-state index in [-0.39, 0.29) is 5.54 Å². The fraction of sp³-hybridized carbons (Fsp3) is 0.647. The van der Waals surface area contributed by atoms with Gasteiger partial charge in [0.2, 0.25) is 0 Å². The van der Waals surface area contributed by atoms with Crippen LogP contribution in [0.1, 0.15) is 57.3 Å². The van der Waals surface area contributed by atoms with Gasteiger partial charge in [-0.05, 0) is 44.5 Å². The molecule has 0 aliphatic heterocycles. The van der Waals surface area contributed by atoms with Crippen LogP contribution in [-0.2, 0) is 6.42 Å². The maximum atomic E-state index is 10.9. The van der Waals surface area contributed by atoms with E-state index in [0.717, 1.165) is 31.2 Å². The van der Waals surface area contributed by atoms with Gasteiger partial charge in [-0.1, -0.05) is 51.5 Å². The largest absolute Gasteiger partial charge is 0.386 e. The number of benzene rings is 1. The van der Waals surface area contributed by atoms with Crippen molar-refractivity contribution in [1.29, 1.82) is 0 Å². The fourth-order valence-corrected chi connectivity index (χ4v) is 3.03. The van der Waals surface area contributed by atoms with E-state index in [1.165, 1.54) is 5.56 Å². The van der Waals surface area contributed by atoms with Gasteiger partial charge in [0.05, 0.1) is 6.10 Å². The second-order valence-electron chi connectivity index (χ2n) is 5.60. The predicted molar refractivity (Wildman–Crippen MR) is 82.4 cm³/mol. The standard InChI is InChI=1S/C17H29NO/c1-6-10-14-11-9-12-15(13-14)16(19)17(7-2,8-3)18(4)5/h9,11-13,16,19H,6-8,10H2,1-5H3. The van der Waals surface area contributed by atoms with Crippen molar-refractivity contribution in [2.45, 2.75) is 58.1 Å². The molecule has 2 nitrogen and oxygen atoms in total. The van der Waals surface area contributed by atoms with Gasteiger partial charge in [-0.2, -0.15) is 0 Å². The zero-order valence-corrected chi connectivity index (χ0v) is 13.1. The van der Waals surface area contributed by atoms with Crippen LogP contribution < -0.4 is 0 Å². The van der Waals surface area contributed by atoms with E-state index in [1.54, 1.807) is 0 Å². The molecule has 0 aliphatic carbocycles. The second kappa shape index (κ2) is 7.06. The summed E-state index contributed by atoms with van der Waals surface area (Å²) in [5.41, 5.74) is 2.19. The van der Waals surface area contributed by atoms with Crippen LogP contribution in [0.5, 0.6) is 0 Å². The zero-order valence-electron chi connectivity index (χ0n) is 13.1. The minimum absolute atomic E-state index is 0.176. The van der Waals surface area contributed by atoms with Gasteiger partial charge in [0.15, 0.2) is 0 Å². The van der Waals surface area contributed by atoms with E-state index >= 15 is 0 Å². The van der Waals surface area contributed by atoms with Crippen LogP contribution in [0.15, 0.2) is 24.3 Å². The van der Waals surface area contributed by atoms with Crippen molar-refractivity contribution in [3.8, 4) is 0 Å². The number of aliphatic hydroxyl groups excluding tert-OH is 1. The van der Waals surface area contributed by atoms with Gasteiger partial charge in [0.25, 0.3) is 0 Å². The highest BCUT2D eigenvalue weighted by Gasteiger charge is 2.37. The van der Waals surface area contributed by atoms with E-state index in [1.807, 2.05) is 6.07 Å². The van der Waals surface area contributed by atoms with Gasteiger partial charge < -0.3 is 10.0 Å². The Balaban J connectivity index is 3.09. The van der Waals surface area contributed by atoms with Crippen LogP contribution in [0.2, 0.25) is 0 Å². The van der Waals surface area contributed by atoms with Gasteiger partial charge in [-0.15, -0.1) is 0 Å². The summed E-state index contributed by atoms with van der Waals surface area (Å²) in [5.74, 6) is 0. The maximum absolute atomic E-state index is 10.9. The van der Waals surface area contributed by atoms with Crippen LogP contribution in [0.25, 0.3) is 0 Å². The molecule has 0 heterocycles. The molecule has 0 spiro atoms. The second-order valence-corrected chi connectivity index (χ2v) is 5.60. The van der Waals surface area contributed by atoms with E-state index in [2.05, 4.69) is 58.0 Å². The molecule has 1 atom stereocenters. The normalized spacial score (nSPS) is 13.8. The molecule has 0 amide bonds. The van der Waals surface area contributed by atoms with E-state index in [0.29, 0.717) is 0 Å². The molecular weight excluding hydrogens is 234 g/mol. The Kier molecular flexibility index (Phi) is 6.02. The van der Waals surface area contributed by atoms with Gasteiger partial charge in [-0.3, -0.25) is 0 Å². The summed E-state index contributed by atoms with van der Waals surface area (Å²) < 4.78 is 0. The monoisotopic (exact) mass is 263 g/mol. The Hall–Kier alpha value is -0.860. The van der Waals surface area contributed by atoms with Crippen molar-refractivity contribution in [2.75, 3.05) is 14.1 Å². The molecule has 1 rings (SSSR count). The molecule has 1 aromatic rings. The number of hydrogen-bond acceptors (Lipinski definition) is 2. The molecule has 0 aliphatic rings. The molecule has 0 saturated carbocycles. The third-order valence-corrected chi connectivity index (χ3v) is 4.43. The molecular formula is C17H29NO. The summed E-state index contributed by atoms with van der Waals surface area (Å²) in [4.78, 5) is 2.17. The van der Waals surface area contributed by atoms with Crippen LogP contribution >= 0.6 is 0 Å². The number of aryl methyl sites for hydroxylation is 1. The highest BCUT2D eigenvalue weighted by Crippen LogP contribution is 2.36. The fourth-order valence-electron chi connectivity index (χ4n) is 3.03. The first-order chi connectivity index (χ1) is 9.01. The molecule has 108 valence electrons. The molecule has 1 N–H and O–H groups in total. The Morgan fingerprint density at radius 1 is 1.16 bits per heavy atom. The maximum Gasteiger partial charge on any atom is 0.0973 e. The van der Waals surface area contributed by atoms with Crippen molar-refractivity contribution >= 4 is 0 Å². The molecule has 0 fully saturated rings. The van der Waals surface area contributed by atoms with Crippen molar-refractivity contribution < 1.29 is 5.11 Å². The van der Waals surface area contributed by atoms with Gasteiger partial charge in [0.1, 0.15) is 0 Å².